The molecule has 1 saturated heterocycles. The number of fused-ring (bicyclic) bond motifs is 1. The largest absolute Gasteiger partial charge is 0.334 e. The zero-order valence-electron chi connectivity index (χ0n) is 17.0. The van der Waals surface area contributed by atoms with E-state index in [-0.39, 0.29) is 29.2 Å². The van der Waals surface area contributed by atoms with Crippen molar-refractivity contribution >= 4 is 51.5 Å². The Morgan fingerprint density at radius 2 is 2.20 bits per heavy atom. The first-order chi connectivity index (χ1) is 14.4. The summed E-state index contributed by atoms with van der Waals surface area (Å²) in [7, 11) is 0. The van der Waals surface area contributed by atoms with Crippen molar-refractivity contribution in [2.75, 3.05) is 12.3 Å². The Labute approximate surface area is 189 Å². The van der Waals surface area contributed by atoms with E-state index in [0.29, 0.717) is 27.6 Å². The second-order valence-electron chi connectivity index (χ2n) is 7.91. The third-order valence-electron chi connectivity index (χ3n) is 5.20. The molecule has 1 unspecified atom stereocenters. The summed E-state index contributed by atoms with van der Waals surface area (Å²) in [4.78, 5) is 34.0. The smallest absolute Gasteiger partial charge is 0.262 e. The fourth-order valence-corrected chi connectivity index (χ4v) is 5.80. The van der Waals surface area contributed by atoms with Gasteiger partial charge in [-0.3, -0.25) is 14.2 Å². The molecule has 1 aromatic carbocycles. The monoisotopic (exact) mass is 461 g/mol. The summed E-state index contributed by atoms with van der Waals surface area (Å²) in [6.45, 7) is 5.45. The maximum Gasteiger partial charge on any atom is 0.262 e. The molecule has 2 aromatic heterocycles. The maximum atomic E-state index is 13.1. The molecule has 3 aromatic rings. The van der Waals surface area contributed by atoms with Crippen molar-refractivity contribution in [3.63, 3.8) is 0 Å². The van der Waals surface area contributed by atoms with Crippen molar-refractivity contribution in [1.29, 1.82) is 0 Å². The van der Waals surface area contributed by atoms with Gasteiger partial charge in [-0.25, -0.2) is 4.98 Å². The standard InChI is InChI=1S/C22H24ClN3O2S2/c1-14(2)12-26-21(28)16-11-15(23)7-8-17(16)24-22(26)30-13-20(27)25-9-3-5-18(25)19-6-4-10-29-19/h4,6-8,10-11,14,18H,3,5,9,12-13H2,1-2H3. The van der Waals surface area contributed by atoms with E-state index < -0.39 is 0 Å². The van der Waals surface area contributed by atoms with Crippen LogP contribution in [0.1, 0.15) is 37.6 Å². The number of rotatable bonds is 6. The molecule has 158 valence electrons. The zero-order chi connectivity index (χ0) is 21.3. The molecule has 8 heteroatoms. The van der Waals surface area contributed by atoms with E-state index in [0.717, 1.165) is 19.4 Å². The van der Waals surface area contributed by atoms with Crippen molar-refractivity contribution < 1.29 is 4.79 Å². The SMILES string of the molecule is CC(C)Cn1c(SCC(=O)N2CCCC2c2cccs2)nc2ccc(Cl)cc2c1=O. The number of thiophene rings is 1. The minimum atomic E-state index is -0.108. The maximum absolute atomic E-state index is 13.1. The number of carbonyl (C=O) groups excluding carboxylic acids is 1. The average molecular weight is 462 g/mol. The van der Waals surface area contributed by atoms with Gasteiger partial charge in [0.05, 0.1) is 22.7 Å². The van der Waals surface area contributed by atoms with Gasteiger partial charge < -0.3 is 4.90 Å². The molecule has 1 aliphatic rings. The van der Waals surface area contributed by atoms with Crippen LogP contribution in [0.4, 0.5) is 0 Å². The molecule has 1 fully saturated rings. The average Bonchev–Trinajstić information content (AvgIpc) is 3.40. The molecule has 0 bridgehead atoms. The normalized spacial score (nSPS) is 16.7. The molecule has 1 atom stereocenters. The molecule has 5 nitrogen and oxygen atoms in total. The van der Waals surface area contributed by atoms with Crippen LogP contribution in [0.5, 0.6) is 0 Å². The first kappa shape index (κ1) is 21.4. The van der Waals surface area contributed by atoms with E-state index in [4.69, 9.17) is 16.6 Å². The molecule has 0 saturated carbocycles. The third-order valence-corrected chi connectivity index (χ3v) is 7.37. The minimum Gasteiger partial charge on any atom is -0.334 e. The highest BCUT2D eigenvalue weighted by Crippen LogP contribution is 2.35. The molecule has 0 spiro atoms. The molecule has 0 aliphatic carbocycles. The van der Waals surface area contributed by atoms with Crippen LogP contribution in [0.3, 0.4) is 0 Å². The van der Waals surface area contributed by atoms with Gasteiger partial charge in [0.25, 0.3) is 5.56 Å². The number of amides is 1. The number of benzene rings is 1. The minimum absolute atomic E-state index is 0.0949. The lowest BCUT2D eigenvalue weighted by Gasteiger charge is -2.24. The van der Waals surface area contributed by atoms with Crippen molar-refractivity contribution in [1.82, 2.24) is 14.5 Å². The van der Waals surface area contributed by atoms with Crippen LogP contribution in [0.2, 0.25) is 5.02 Å². The number of likely N-dealkylation sites (tertiary alicyclic amines) is 1. The Bertz CT molecular complexity index is 1110. The molecular formula is C22H24ClN3O2S2. The van der Waals surface area contributed by atoms with E-state index >= 15 is 0 Å². The highest BCUT2D eigenvalue weighted by molar-refractivity contribution is 7.99. The zero-order valence-corrected chi connectivity index (χ0v) is 19.4. The van der Waals surface area contributed by atoms with Crippen LogP contribution in [0.25, 0.3) is 10.9 Å². The van der Waals surface area contributed by atoms with Gasteiger partial charge in [-0.05, 0) is 48.4 Å². The van der Waals surface area contributed by atoms with Crippen molar-refractivity contribution in [3.8, 4) is 0 Å². The van der Waals surface area contributed by atoms with E-state index in [2.05, 4.69) is 25.3 Å². The fourth-order valence-electron chi connectivity index (χ4n) is 3.86. The van der Waals surface area contributed by atoms with Gasteiger partial charge in [0.15, 0.2) is 5.16 Å². The predicted molar refractivity (Wildman–Crippen MR) is 125 cm³/mol. The van der Waals surface area contributed by atoms with Gasteiger partial charge in [-0.1, -0.05) is 43.3 Å². The molecule has 30 heavy (non-hydrogen) atoms. The molecule has 0 N–H and O–H groups in total. The number of aromatic nitrogens is 2. The van der Waals surface area contributed by atoms with Crippen molar-refractivity contribution in [2.24, 2.45) is 5.92 Å². The molecule has 1 aliphatic heterocycles. The topological polar surface area (TPSA) is 55.2 Å². The molecule has 4 rings (SSSR count). The number of halogens is 1. The summed E-state index contributed by atoms with van der Waals surface area (Å²) in [5, 5.41) is 3.67. The highest BCUT2D eigenvalue weighted by atomic mass is 35.5. The Kier molecular flexibility index (Phi) is 6.51. The predicted octanol–water partition coefficient (Wildman–Crippen LogP) is 5.22. The summed E-state index contributed by atoms with van der Waals surface area (Å²) in [5.74, 6) is 0.640. The fraction of sp³-hybridized carbons (Fsp3) is 0.409. The number of hydrogen-bond acceptors (Lipinski definition) is 5. The number of carbonyl (C=O) groups is 1. The van der Waals surface area contributed by atoms with Crippen LogP contribution in [-0.4, -0.2) is 32.7 Å². The molecule has 3 heterocycles. The Balaban J connectivity index is 1.59. The van der Waals surface area contributed by atoms with E-state index in [9.17, 15) is 9.59 Å². The lowest BCUT2D eigenvalue weighted by atomic mass is 10.2. The van der Waals surface area contributed by atoms with Crippen molar-refractivity contribution in [2.45, 2.75) is 44.4 Å². The summed E-state index contributed by atoms with van der Waals surface area (Å²) in [5.41, 5.74) is 0.501. The summed E-state index contributed by atoms with van der Waals surface area (Å²) in [6.07, 6.45) is 2.02. The number of hydrogen-bond donors (Lipinski definition) is 0. The van der Waals surface area contributed by atoms with Gasteiger partial charge in [0, 0.05) is 23.0 Å². The van der Waals surface area contributed by atoms with Gasteiger partial charge in [0.2, 0.25) is 5.91 Å². The summed E-state index contributed by atoms with van der Waals surface area (Å²) in [6, 6.07) is 9.47. The van der Waals surface area contributed by atoms with Crippen LogP contribution < -0.4 is 5.56 Å². The highest BCUT2D eigenvalue weighted by Gasteiger charge is 2.30. The third kappa shape index (κ3) is 4.43. The van der Waals surface area contributed by atoms with Gasteiger partial charge in [0.1, 0.15) is 0 Å². The molecule has 0 radical (unpaired) electrons. The number of nitrogens with zero attached hydrogens (tertiary/aromatic N) is 3. The molecule has 1 amide bonds. The lowest BCUT2D eigenvalue weighted by Crippen LogP contribution is -2.32. The number of thioether (sulfide) groups is 1. The second kappa shape index (κ2) is 9.12. The van der Waals surface area contributed by atoms with Gasteiger partial charge in [-0.15, -0.1) is 11.3 Å². The Hall–Kier alpha value is -1.83. The van der Waals surface area contributed by atoms with E-state index in [1.807, 2.05) is 11.0 Å². The van der Waals surface area contributed by atoms with Gasteiger partial charge in [-0.2, -0.15) is 0 Å². The first-order valence-corrected chi connectivity index (χ1v) is 12.3. The van der Waals surface area contributed by atoms with Crippen LogP contribution in [0.15, 0.2) is 45.7 Å². The summed E-state index contributed by atoms with van der Waals surface area (Å²) < 4.78 is 1.68. The van der Waals surface area contributed by atoms with Crippen LogP contribution >= 0.6 is 34.7 Å². The molecular weight excluding hydrogens is 438 g/mol. The van der Waals surface area contributed by atoms with Crippen LogP contribution in [0, 0.1) is 5.92 Å². The van der Waals surface area contributed by atoms with E-state index in [1.165, 1.54) is 16.6 Å². The first-order valence-electron chi connectivity index (χ1n) is 10.1. The van der Waals surface area contributed by atoms with Gasteiger partial charge >= 0.3 is 0 Å². The summed E-state index contributed by atoms with van der Waals surface area (Å²) >= 11 is 9.14. The lowest BCUT2D eigenvalue weighted by molar-refractivity contribution is -0.129. The Morgan fingerprint density at radius 1 is 1.37 bits per heavy atom. The van der Waals surface area contributed by atoms with Crippen LogP contribution in [-0.2, 0) is 11.3 Å². The van der Waals surface area contributed by atoms with E-state index in [1.54, 1.807) is 34.1 Å². The quantitative estimate of drug-likeness (QED) is 0.373. The second-order valence-corrected chi connectivity index (χ2v) is 10.3. The van der Waals surface area contributed by atoms with Crippen molar-refractivity contribution in [3.05, 3.63) is 56.0 Å². The Morgan fingerprint density at radius 3 is 2.93 bits per heavy atom.